The molecule has 0 saturated heterocycles. The van der Waals surface area contributed by atoms with Gasteiger partial charge in [0.15, 0.2) is 11.6 Å². The van der Waals surface area contributed by atoms with E-state index in [1.165, 1.54) is 11.8 Å². The molecule has 0 radical (unpaired) electrons. The Bertz CT molecular complexity index is 627. The fraction of sp³-hybridized carbons (Fsp3) is 0.222. The number of aryl methyl sites for hydroxylation is 1. The molecule has 0 fully saturated rings. The van der Waals surface area contributed by atoms with Crippen molar-refractivity contribution in [1.29, 1.82) is 0 Å². The molecule has 3 heteroatoms. The molecule has 0 unspecified atom stereocenters. The molecular weight excluding hydrogens is 280 g/mol. The quantitative estimate of drug-likeness (QED) is 0.579. The number of ketones is 2. The molecule has 0 aliphatic heterocycles. The molecule has 0 amide bonds. The van der Waals surface area contributed by atoms with Crippen LogP contribution in [-0.2, 0) is 0 Å². The van der Waals surface area contributed by atoms with Crippen molar-refractivity contribution < 1.29 is 9.59 Å². The van der Waals surface area contributed by atoms with Crippen molar-refractivity contribution >= 4 is 23.3 Å². The molecular formula is C18H18O2S. The molecule has 2 aromatic carbocycles. The summed E-state index contributed by atoms with van der Waals surface area (Å²) in [5.74, 6) is 0.667. The minimum absolute atomic E-state index is 0.119. The van der Waals surface area contributed by atoms with Gasteiger partial charge in [0.25, 0.3) is 0 Å². The first-order chi connectivity index (χ1) is 10.1. The van der Waals surface area contributed by atoms with Crippen LogP contribution in [0.15, 0.2) is 53.4 Å². The van der Waals surface area contributed by atoms with E-state index >= 15 is 0 Å². The Morgan fingerprint density at radius 1 is 0.857 bits per heavy atom. The lowest BCUT2D eigenvalue weighted by molar-refractivity contribution is 0.0986. The van der Waals surface area contributed by atoms with Gasteiger partial charge in [0.05, 0.1) is 5.75 Å². The smallest absolute Gasteiger partial charge is 0.173 e. The molecule has 0 saturated carbocycles. The van der Waals surface area contributed by atoms with Crippen LogP contribution in [0.2, 0.25) is 0 Å². The average molecular weight is 298 g/mol. The Labute approximate surface area is 129 Å². The Morgan fingerprint density at radius 3 is 1.95 bits per heavy atom. The first-order valence-electron chi connectivity index (χ1n) is 6.96. The van der Waals surface area contributed by atoms with Crippen LogP contribution in [0.4, 0.5) is 0 Å². The van der Waals surface area contributed by atoms with E-state index in [4.69, 9.17) is 0 Å². The third-order valence-electron chi connectivity index (χ3n) is 3.24. The molecule has 0 aliphatic rings. The van der Waals surface area contributed by atoms with E-state index in [1.807, 2.05) is 62.4 Å². The van der Waals surface area contributed by atoms with Gasteiger partial charge in [0.2, 0.25) is 0 Å². The van der Waals surface area contributed by atoms with Crippen LogP contribution >= 0.6 is 11.8 Å². The summed E-state index contributed by atoms with van der Waals surface area (Å²) in [6.45, 7) is 3.85. The van der Waals surface area contributed by atoms with Crippen molar-refractivity contribution in [3.8, 4) is 0 Å². The zero-order valence-corrected chi connectivity index (χ0v) is 13.1. The normalized spacial score (nSPS) is 10.4. The lowest BCUT2D eigenvalue weighted by Crippen LogP contribution is -2.02. The Kier molecular flexibility index (Phi) is 5.34. The number of Topliss-reactive ketones (excluding diaryl/α,β-unsaturated/α-hetero) is 2. The Balaban J connectivity index is 1.95. The maximum absolute atomic E-state index is 12.1. The standard InChI is InChI=1S/C18H18O2S/c1-3-17(19)14-8-10-16(11-9-14)21-12-18(20)15-6-4-13(2)5-7-15/h4-11H,3,12H2,1-2H3. The van der Waals surface area contributed by atoms with E-state index in [9.17, 15) is 9.59 Å². The van der Waals surface area contributed by atoms with Crippen LogP contribution in [-0.4, -0.2) is 17.3 Å². The fourth-order valence-corrected chi connectivity index (χ4v) is 2.71. The van der Waals surface area contributed by atoms with Gasteiger partial charge in [-0.1, -0.05) is 48.9 Å². The molecule has 2 rings (SSSR count). The monoisotopic (exact) mass is 298 g/mol. The van der Waals surface area contributed by atoms with E-state index in [0.717, 1.165) is 21.6 Å². The van der Waals surface area contributed by atoms with Gasteiger partial charge in [-0.05, 0) is 19.1 Å². The second-order valence-electron chi connectivity index (χ2n) is 4.88. The van der Waals surface area contributed by atoms with Crippen molar-refractivity contribution in [2.45, 2.75) is 25.2 Å². The van der Waals surface area contributed by atoms with Gasteiger partial charge in [-0.2, -0.15) is 0 Å². The summed E-state index contributed by atoms with van der Waals surface area (Å²) < 4.78 is 0. The third kappa shape index (κ3) is 4.30. The van der Waals surface area contributed by atoms with Crippen molar-refractivity contribution in [3.05, 3.63) is 65.2 Å². The van der Waals surface area contributed by atoms with Crippen molar-refractivity contribution in [2.24, 2.45) is 0 Å². The van der Waals surface area contributed by atoms with E-state index in [2.05, 4.69) is 0 Å². The molecule has 0 spiro atoms. The maximum atomic E-state index is 12.1. The minimum Gasteiger partial charge on any atom is -0.294 e. The number of carbonyl (C=O) groups excluding carboxylic acids is 2. The van der Waals surface area contributed by atoms with E-state index in [1.54, 1.807) is 0 Å². The van der Waals surface area contributed by atoms with Crippen LogP contribution < -0.4 is 0 Å². The topological polar surface area (TPSA) is 34.1 Å². The lowest BCUT2D eigenvalue weighted by atomic mass is 10.1. The molecule has 21 heavy (non-hydrogen) atoms. The van der Waals surface area contributed by atoms with Gasteiger partial charge in [-0.3, -0.25) is 9.59 Å². The van der Waals surface area contributed by atoms with Crippen molar-refractivity contribution in [2.75, 3.05) is 5.75 Å². The SMILES string of the molecule is CCC(=O)c1ccc(SCC(=O)c2ccc(C)cc2)cc1. The average Bonchev–Trinajstić information content (AvgIpc) is 2.53. The Morgan fingerprint density at radius 2 is 1.38 bits per heavy atom. The zero-order chi connectivity index (χ0) is 15.2. The summed E-state index contributed by atoms with van der Waals surface area (Å²) in [6.07, 6.45) is 0.512. The first kappa shape index (κ1) is 15.5. The number of hydrogen-bond donors (Lipinski definition) is 0. The second kappa shape index (κ2) is 7.23. The molecule has 0 aromatic heterocycles. The maximum Gasteiger partial charge on any atom is 0.173 e. The van der Waals surface area contributed by atoms with Crippen LogP contribution in [0.1, 0.15) is 39.6 Å². The minimum atomic E-state index is 0.119. The highest BCUT2D eigenvalue weighted by molar-refractivity contribution is 8.00. The van der Waals surface area contributed by atoms with Gasteiger partial charge < -0.3 is 0 Å². The predicted octanol–water partition coefficient (Wildman–Crippen LogP) is 4.56. The molecule has 2 nitrogen and oxygen atoms in total. The molecule has 0 bridgehead atoms. The summed E-state index contributed by atoms with van der Waals surface area (Å²) in [6, 6.07) is 15.1. The van der Waals surface area contributed by atoms with Crippen LogP contribution in [0, 0.1) is 6.92 Å². The molecule has 108 valence electrons. The number of benzene rings is 2. The third-order valence-corrected chi connectivity index (χ3v) is 4.25. The Hall–Kier alpha value is -1.87. The summed E-state index contributed by atoms with van der Waals surface area (Å²) >= 11 is 1.49. The largest absolute Gasteiger partial charge is 0.294 e. The molecule has 0 N–H and O–H groups in total. The van der Waals surface area contributed by atoms with Crippen LogP contribution in [0.5, 0.6) is 0 Å². The summed E-state index contributed by atoms with van der Waals surface area (Å²) in [4.78, 5) is 24.6. The summed E-state index contributed by atoms with van der Waals surface area (Å²) in [5, 5.41) is 0. The predicted molar refractivity (Wildman–Crippen MR) is 87.3 cm³/mol. The van der Waals surface area contributed by atoms with Crippen LogP contribution in [0.3, 0.4) is 0 Å². The highest BCUT2D eigenvalue weighted by Crippen LogP contribution is 2.20. The highest BCUT2D eigenvalue weighted by Gasteiger charge is 2.07. The van der Waals surface area contributed by atoms with E-state index in [-0.39, 0.29) is 11.6 Å². The van der Waals surface area contributed by atoms with Gasteiger partial charge in [0, 0.05) is 22.4 Å². The molecule has 0 heterocycles. The fourth-order valence-electron chi connectivity index (χ4n) is 1.91. The van der Waals surface area contributed by atoms with Crippen molar-refractivity contribution in [1.82, 2.24) is 0 Å². The lowest BCUT2D eigenvalue weighted by Gasteiger charge is -2.04. The number of carbonyl (C=O) groups is 2. The van der Waals surface area contributed by atoms with Crippen molar-refractivity contribution in [3.63, 3.8) is 0 Å². The number of thioether (sulfide) groups is 1. The zero-order valence-electron chi connectivity index (χ0n) is 12.3. The second-order valence-corrected chi connectivity index (χ2v) is 5.93. The van der Waals surface area contributed by atoms with Crippen LogP contribution in [0.25, 0.3) is 0 Å². The summed E-state index contributed by atoms with van der Waals surface area (Å²) in [7, 11) is 0. The van der Waals surface area contributed by atoms with Gasteiger partial charge in [-0.15, -0.1) is 11.8 Å². The van der Waals surface area contributed by atoms with E-state index < -0.39 is 0 Å². The van der Waals surface area contributed by atoms with Gasteiger partial charge in [0.1, 0.15) is 0 Å². The number of rotatable bonds is 6. The number of hydrogen-bond acceptors (Lipinski definition) is 3. The van der Waals surface area contributed by atoms with E-state index in [0.29, 0.717) is 12.2 Å². The van der Waals surface area contributed by atoms with Gasteiger partial charge in [-0.25, -0.2) is 0 Å². The molecule has 0 atom stereocenters. The highest BCUT2D eigenvalue weighted by atomic mass is 32.2. The molecule has 2 aromatic rings. The summed E-state index contributed by atoms with van der Waals surface area (Å²) in [5.41, 5.74) is 2.62. The molecule has 0 aliphatic carbocycles. The first-order valence-corrected chi connectivity index (χ1v) is 7.94. The van der Waals surface area contributed by atoms with Gasteiger partial charge >= 0.3 is 0 Å².